The Bertz CT molecular complexity index is 460. The second-order valence-electron chi connectivity index (χ2n) is 2.86. The van der Waals surface area contributed by atoms with Crippen LogP contribution in [0.4, 0.5) is 22.0 Å². The van der Waals surface area contributed by atoms with Crippen molar-refractivity contribution in [1.82, 2.24) is 4.98 Å². The number of carbonyl (C=O) groups is 1. The zero-order chi connectivity index (χ0) is 13.4. The average molecular weight is 320 g/mol. The van der Waals surface area contributed by atoms with Gasteiger partial charge in [0.05, 0.1) is 11.1 Å². The van der Waals surface area contributed by atoms with Crippen LogP contribution in [0.25, 0.3) is 0 Å². The maximum atomic E-state index is 12.5. The van der Waals surface area contributed by atoms with Gasteiger partial charge in [-0.15, -0.1) is 0 Å². The van der Waals surface area contributed by atoms with Crippen LogP contribution in [0.3, 0.4) is 0 Å². The third-order valence-electron chi connectivity index (χ3n) is 1.74. The van der Waals surface area contributed by atoms with Crippen molar-refractivity contribution < 1.29 is 31.9 Å². The van der Waals surface area contributed by atoms with Crippen LogP contribution in [0.5, 0.6) is 0 Å². The molecule has 0 aliphatic carbocycles. The summed E-state index contributed by atoms with van der Waals surface area (Å²) < 4.78 is 61.8. The summed E-state index contributed by atoms with van der Waals surface area (Å²) in [4.78, 5) is 13.5. The number of carboxylic acid groups (broad SMARTS) is 1. The number of alkyl halides is 5. The van der Waals surface area contributed by atoms with E-state index in [1.807, 2.05) is 0 Å². The fourth-order valence-corrected chi connectivity index (χ4v) is 1.54. The molecule has 0 saturated heterocycles. The molecular weight excluding hydrogens is 317 g/mol. The predicted molar refractivity (Wildman–Crippen MR) is 48.9 cm³/mol. The van der Waals surface area contributed by atoms with E-state index in [-0.39, 0.29) is 0 Å². The first-order valence-corrected chi connectivity index (χ1v) is 4.73. The van der Waals surface area contributed by atoms with E-state index in [0.29, 0.717) is 6.07 Å². The fourth-order valence-electron chi connectivity index (χ4n) is 1.14. The van der Waals surface area contributed by atoms with Gasteiger partial charge in [-0.05, 0) is 22.0 Å². The van der Waals surface area contributed by atoms with Crippen LogP contribution in [0.2, 0.25) is 0 Å². The summed E-state index contributed by atoms with van der Waals surface area (Å²) in [6.45, 7) is 0. The molecule has 17 heavy (non-hydrogen) atoms. The van der Waals surface area contributed by atoms with E-state index in [1.165, 1.54) is 0 Å². The molecule has 3 nitrogen and oxygen atoms in total. The Kier molecular flexibility index (Phi) is 3.70. The highest BCUT2D eigenvalue weighted by Gasteiger charge is 2.40. The minimum Gasteiger partial charge on any atom is -0.478 e. The second-order valence-corrected chi connectivity index (χ2v) is 3.67. The molecule has 0 radical (unpaired) electrons. The van der Waals surface area contributed by atoms with Crippen LogP contribution in [-0.2, 0) is 6.18 Å². The lowest BCUT2D eigenvalue weighted by molar-refractivity contribution is -0.143. The summed E-state index contributed by atoms with van der Waals surface area (Å²) in [6.07, 6.45) is -8.74. The van der Waals surface area contributed by atoms with E-state index < -0.39 is 40.0 Å². The quantitative estimate of drug-likeness (QED) is 0.670. The Labute approximate surface area is 99.4 Å². The van der Waals surface area contributed by atoms with E-state index in [4.69, 9.17) is 5.11 Å². The van der Waals surface area contributed by atoms with Crippen molar-refractivity contribution >= 4 is 21.9 Å². The Balaban J connectivity index is 3.64. The van der Waals surface area contributed by atoms with Crippen molar-refractivity contribution in [2.45, 2.75) is 12.6 Å². The lowest BCUT2D eigenvalue weighted by Gasteiger charge is -2.13. The number of aromatic nitrogens is 1. The first-order valence-electron chi connectivity index (χ1n) is 3.93. The van der Waals surface area contributed by atoms with Crippen molar-refractivity contribution in [1.29, 1.82) is 0 Å². The van der Waals surface area contributed by atoms with Gasteiger partial charge in [0.15, 0.2) is 5.69 Å². The summed E-state index contributed by atoms with van der Waals surface area (Å²) in [5.74, 6) is -1.88. The third kappa shape index (κ3) is 2.90. The predicted octanol–water partition coefficient (Wildman–Crippen LogP) is 3.50. The number of hydrogen-bond donors (Lipinski definition) is 1. The number of rotatable bonds is 2. The van der Waals surface area contributed by atoms with E-state index in [9.17, 15) is 26.7 Å². The van der Waals surface area contributed by atoms with E-state index >= 15 is 0 Å². The molecule has 1 aromatic rings. The maximum absolute atomic E-state index is 12.5. The highest BCUT2D eigenvalue weighted by molar-refractivity contribution is 9.10. The van der Waals surface area contributed by atoms with Gasteiger partial charge in [-0.2, -0.15) is 13.2 Å². The van der Waals surface area contributed by atoms with Crippen molar-refractivity contribution in [2.75, 3.05) is 0 Å². The van der Waals surface area contributed by atoms with E-state index in [1.54, 1.807) is 0 Å². The standard InChI is InChI=1S/C8H3BrF5NO2/c9-3-1-2(7(16)17)4(6(10)11)5(15-3)8(12,13)14/h1,6H,(H,16,17). The smallest absolute Gasteiger partial charge is 0.433 e. The molecule has 0 fully saturated rings. The van der Waals surface area contributed by atoms with Gasteiger partial charge in [0.2, 0.25) is 0 Å². The number of halogens is 6. The Morgan fingerprint density at radius 3 is 2.29 bits per heavy atom. The molecule has 1 rings (SSSR count). The van der Waals surface area contributed by atoms with Crippen LogP contribution in [-0.4, -0.2) is 16.1 Å². The highest BCUT2D eigenvalue weighted by atomic mass is 79.9. The number of aromatic carboxylic acids is 1. The molecule has 0 aliphatic rings. The van der Waals surface area contributed by atoms with E-state index in [2.05, 4.69) is 20.9 Å². The summed E-state index contributed by atoms with van der Waals surface area (Å²) in [5.41, 5.74) is -4.67. The maximum Gasteiger partial charge on any atom is 0.433 e. The van der Waals surface area contributed by atoms with Crippen LogP contribution in [0, 0.1) is 0 Å². The van der Waals surface area contributed by atoms with Gasteiger partial charge in [-0.25, -0.2) is 18.6 Å². The second kappa shape index (κ2) is 4.55. The van der Waals surface area contributed by atoms with Crippen molar-refractivity contribution in [3.8, 4) is 0 Å². The molecule has 0 amide bonds. The topological polar surface area (TPSA) is 50.2 Å². The monoisotopic (exact) mass is 319 g/mol. The lowest BCUT2D eigenvalue weighted by Crippen LogP contribution is -2.17. The zero-order valence-electron chi connectivity index (χ0n) is 7.73. The first-order chi connectivity index (χ1) is 7.64. The fraction of sp³-hybridized carbons (Fsp3) is 0.250. The molecule has 94 valence electrons. The van der Waals surface area contributed by atoms with Crippen molar-refractivity contribution in [3.63, 3.8) is 0 Å². The first kappa shape index (κ1) is 13.8. The minimum absolute atomic E-state index is 0.480. The Hall–Kier alpha value is -1.25. The number of nitrogens with zero attached hydrogens (tertiary/aromatic N) is 1. The van der Waals surface area contributed by atoms with Gasteiger partial charge >= 0.3 is 12.1 Å². The normalized spacial score (nSPS) is 11.9. The summed E-state index contributed by atoms with van der Waals surface area (Å²) in [5, 5.41) is 8.58. The molecule has 1 aromatic heterocycles. The van der Waals surface area contributed by atoms with Gasteiger partial charge in [0, 0.05) is 0 Å². The summed E-state index contributed by atoms with van der Waals surface area (Å²) in [6, 6.07) is 0.596. The number of carboxylic acids is 1. The summed E-state index contributed by atoms with van der Waals surface area (Å²) >= 11 is 2.54. The molecular formula is C8H3BrF5NO2. The zero-order valence-corrected chi connectivity index (χ0v) is 9.31. The van der Waals surface area contributed by atoms with E-state index in [0.717, 1.165) is 0 Å². The van der Waals surface area contributed by atoms with Gasteiger partial charge in [-0.3, -0.25) is 0 Å². The molecule has 0 atom stereocenters. The third-order valence-corrected chi connectivity index (χ3v) is 2.15. The largest absolute Gasteiger partial charge is 0.478 e. The van der Waals surface area contributed by atoms with Crippen LogP contribution in [0.15, 0.2) is 10.7 Å². The summed E-state index contributed by atoms with van der Waals surface area (Å²) in [7, 11) is 0. The molecule has 0 saturated carbocycles. The van der Waals surface area contributed by atoms with Gasteiger partial charge in [-0.1, -0.05) is 0 Å². The molecule has 0 aliphatic heterocycles. The number of hydrogen-bond acceptors (Lipinski definition) is 2. The molecule has 0 bridgehead atoms. The molecule has 9 heteroatoms. The Morgan fingerprint density at radius 1 is 1.41 bits per heavy atom. The lowest BCUT2D eigenvalue weighted by atomic mass is 10.1. The minimum atomic E-state index is -5.15. The van der Waals surface area contributed by atoms with Crippen LogP contribution >= 0.6 is 15.9 Å². The SMILES string of the molecule is O=C(O)c1cc(Br)nc(C(F)(F)F)c1C(F)F. The van der Waals surface area contributed by atoms with Crippen LogP contribution < -0.4 is 0 Å². The van der Waals surface area contributed by atoms with Crippen molar-refractivity contribution in [3.05, 3.63) is 27.5 Å². The van der Waals surface area contributed by atoms with Crippen LogP contribution in [0.1, 0.15) is 28.0 Å². The molecule has 0 aromatic carbocycles. The molecule has 0 spiro atoms. The van der Waals surface area contributed by atoms with Crippen molar-refractivity contribution in [2.24, 2.45) is 0 Å². The number of pyridine rings is 1. The Morgan fingerprint density at radius 2 is 1.94 bits per heavy atom. The average Bonchev–Trinajstić information content (AvgIpc) is 2.14. The van der Waals surface area contributed by atoms with Gasteiger partial charge in [0.25, 0.3) is 6.43 Å². The highest BCUT2D eigenvalue weighted by Crippen LogP contribution is 2.37. The molecule has 1 N–H and O–H groups in total. The van der Waals surface area contributed by atoms with Gasteiger partial charge < -0.3 is 5.11 Å². The molecule has 1 heterocycles. The molecule has 0 unspecified atom stereocenters. The van der Waals surface area contributed by atoms with Gasteiger partial charge in [0.1, 0.15) is 4.60 Å².